The van der Waals surface area contributed by atoms with Crippen molar-refractivity contribution in [1.82, 2.24) is 0 Å². The van der Waals surface area contributed by atoms with Crippen LogP contribution >= 0.6 is 0 Å². The van der Waals surface area contributed by atoms with Crippen LogP contribution in [0, 0.1) is 0 Å². The molecule has 0 unspecified atom stereocenters. The lowest BCUT2D eigenvalue weighted by Crippen LogP contribution is -2.32. The average Bonchev–Trinajstić information content (AvgIpc) is 2.78. The number of hydrogen-bond donors (Lipinski definition) is 0. The summed E-state index contributed by atoms with van der Waals surface area (Å²) in [5, 5.41) is 0. The standard InChI is InChI=1S/C10H16O4/c1-6-8(14-10(2,3)13-6)9(11)12-7-4-5-7/h6-8H,4-5H2,1-3H3/t6-,8-/m1/s1. The van der Waals surface area contributed by atoms with Crippen LogP contribution in [-0.2, 0) is 19.0 Å². The highest BCUT2D eigenvalue weighted by atomic mass is 16.8. The topological polar surface area (TPSA) is 44.8 Å². The van der Waals surface area contributed by atoms with E-state index in [0.29, 0.717) is 0 Å². The first-order chi connectivity index (χ1) is 6.48. The minimum atomic E-state index is -0.674. The number of rotatable bonds is 2. The van der Waals surface area contributed by atoms with E-state index >= 15 is 0 Å². The van der Waals surface area contributed by atoms with E-state index in [2.05, 4.69) is 0 Å². The van der Waals surface area contributed by atoms with Crippen LogP contribution in [0.4, 0.5) is 0 Å². The van der Waals surface area contributed by atoms with Crippen LogP contribution in [0.1, 0.15) is 33.6 Å². The SMILES string of the molecule is C[C@H]1OC(C)(C)O[C@H]1C(=O)OC1CC1. The Labute approximate surface area is 83.5 Å². The number of hydrogen-bond acceptors (Lipinski definition) is 4. The first kappa shape index (κ1) is 9.93. The van der Waals surface area contributed by atoms with Crippen molar-refractivity contribution in [3.63, 3.8) is 0 Å². The Hall–Kier alpha value is -0.610. The zero-order valence-corrected chi connectivity index (χ0v) is 8.78. The Balaban J connectivity index is 1.93. The van der Waals surface area contributed by atoms with Crippen molar-refractivity contribution < 1.29 is 19.0 Å². The third-order valence-corrected chi connectivity index (χ3v) is 2.35. The van der Waals surface area contributed by atoms with E-state index in [9.17, 15) is 4.79 Å². The minimum absolute atomic E-state index is 0.127. The normalized spacial score (nSPS) is 35.6. The first-order valence-electron chi connectivity index (χ1n) is 5.04. The van der Waals surface area contributed by atoms with Gasteiger partial charge in [-0.2, -0.15) is 0 Å². The van der Waals surface area contributed by atoms with Crippen molar-refractivity contribution in [2.75, 3.05) is 0 Å². The zero-order valence-electron chi connectivity index (χ0n) is 8.78. The third kappa shape index (κ3) is 2.07. The van der Waals surface area contributed by atoms with Gasteiger partial charge in [0.15, 0.2) is 11.9 Å². The van der Waals surface area contributed by atoms with Gasteiger partial charge in [-0.1, -0.05) is 0 Å². The molecule has 1 aliphatic heterocycles. The molecule has 0 radical (unpaired) electrons. The first-order valence-corrected chi connectivity index (χ1v) is 5.04. The molecule has 0 aromatic carbocycles. The zero-order chi connectivity index (χ0) is 10.3. The largest absolute Gasteiger partial charge is 0.460 e. The van der Waals surface area contributed by atoms with Crippen molar-refractivity contribution in [2.45, 2.75) is 57.7 Å². The molecular formula is C10H16O4. The fourth-order valence-electron chi connectivity index (χ4n) is 1.60. The molecule has 4 nitrogen and oxygen atoms in total. The molecule has 0 N–H and O–H groups in total. The maximum Gasteiger partial charge on any atom is 0.338 e. The van der Waals surface area contributed by atoms with Crippen LogP contribution in [0.5, 0.6) is 0 Å². The van der Waals surface area contributed by atoms with Crippen molar-refractivity contribution in [2.24, 2.45) is 0 Å². The quantitative estimate of drug-likeness (QED) is 0.629. The van der Waals surface area contributed by atoms with Crippen LogP contribution in [0.15, 0.2) is 0 Å². The highest BCUT2D eigenvalue weighted by Crippen LogP contribution is 2.31. The molecule has 80 valence electrons. The molecule has 1 saturated carbocycles. The molecule has 0 amide bonds. The molecule has 4 heteroatoms. The van der Waals surface area contributed by atoms with Crippen LogP contribution in [0.3, 0.4) is 0 Å². The van der Waals surface area contributed by atoms with E-state index < -0.39 is 11.9 Å². The maximum atomic E-state index is 11.6. The number of carbonyl (C=O) groups excluding carboxylic acids is 1. The molecule has 0 aromatic rings. The Morgan fingerprint density at radius 2 is 2.00 bits per heavy atom. The van der Waals surface area contributed by atoms with Gasteiger partial charge in [-0.15, -0.1) is 0 Å². The molecule has 2 atom stereocenters. The molecule has 0 bridgehead atoms. The van der Waals surface area contributed by atoms with E-state index in [-0.39, 0.29) is 18.2 Å². The number of esters is 1. The van der Waals surface area contributed by atoms with E-state index in [1.165, 1.54) is 0 Å². The predicted octanol–water partition coefficient (Wildman–Crippen LogP) is 1.23. The second kappa shape index (κ2) is 3.21. The summed E-state index contributed by atoms with van der Waals surface area (Å²) in [7, 11) is 0. The lowest BCUT2D eigenvalue weighted by Gasteiger charge is -2.16. The van der Waals surface area contributed by atoms with Gasteiger partial charge in [0.2, 0.25) is 0 Å². The van der Waals surface area contributed by atoms with Crippen molar-refractivity contribution in [3.05, 3.63) is 0 Å². The van der Waals surface area contributed by atoms with Gasteiger partial charge in [0.05, 0.1) is 6.10 Å². The summed E-state index contributed by atoms with van der Waals surface area (Å²) in [6.07, 6.45) is 1.30. The molecule has 14 heavy (non-hydrogen) atoms. The summed E-state index contributed by atoms with van der Waals surface area (Å²) >= 11 is 0. The molecule has 1 saturated heterocycles. The molecule has 0 aromatic heterocycles. The van der Waals surface area contributed by atoms with Gasteiger partial charge in [-0.3, -0.25) is 0 Å². The molecule has 1 aliphatic carbocycles. The number of ether oxygens (including phenoxy) is 3. The second-order valence-electron chi connectivity index (χ2n) is 4.40. The van der Waals surface area contributed by atoms with Crippen molar-refractivity contribution in [1.29, 1.82) is 0 Å². The molecule has 2 fully saturated rings. The lowest BCUT2D eigenvalue weighted by atomic mass is 10.2. The van der Waals surface area contributed by atoms with E-state index in [0.717, 1.165) is 12.8 Å². The van der Waals surface area contributed by atoms with Gasteiger partial charge in [0.1, 0.15) is 6.10 Å². The fourth-order valence-corrected chi connectivity index (χ4v) is 1.60. The van der Waals surface area contributed by atoms with E-state index in [1.54, 1.807) is 13.8 Å². The van der Waals surface area contributed by atoms with Crippen molar-refractivity contribution >= 4 is 5.97 Å². The minimum Gasteiger partial charge on any atom is -0.460 e. The molecular weight excluding hydrogens is 184 g/mol. The highest BCUT2D eigenvalue weighted by Gasteiger charge is 2.45. The average molecular weight is 200 g/mol. The highest BCUT2D eigenvalue weighted by molar-refractivity contribution is 5.76. The van der Waals surface area contributed by atoms with Gasteiger partial charge >= 0.3 is 5.97 Å². The second-order valence-corrected chi connectivity index (χ2v) is 4.40. The molecule has 0 spiro atoms. The van der Waals surface area contributed by atoms with Gasteiger partial charge in [-0.25, -0.2) is 4.79 Å². The Bertz CT molecular complexity index is 245. The summed E-state index contributed by atoms with van der Waals surface area (Å²) in [6.45, 7) is 5.43. The van der Waals surface area contributed by atoms with Crippen LogP contribution < -0.4 is 0 Å². The van der Waals surface area contributed by atoms with Gasteiger partial charge < -0.3 is 14.2 Å². The number of carbonyl (C=O) groups is 1. The third-order valence-electron chi connectivity index (χ3n) is 2.35. The van der Waals surface area contributed by atoms with Gasteiger partial charge in [0.25, 0.3) is 0 Å². The van der Waals surface area contributed by atoms with E-state index in [4.69, 9.17) is 14.2 Å². The summed E-state index contributed by atoms with van der Waals surface area (Å²) in [5.41, 5.74) is 0. The van der Waals surface area contributed by atoms with Crippen LogP contribution in [0.25, 0.3) is 0 Å². The maximum absolute atomic E-state index is 11.6. The fraction of sp³-hybridized carbons (Fsp3) is 0.900. The summed E-state index contributed by atoms with van der Waals surface area (Å²) in [5.74, 6) is -0.960. The van der Waals surface area contributed by atoms with Crippen LogP contribution in [0.2, 0.25) is 0 Å². The lowest BCUT2D eigenvalue weighted by molar-refractivity contribution is -0.171. The Morgan fingerprint density at radius 1 is 1.36 bits per heavy atom. The van der Waals surface area contributed by atoms with Crippen LogP contribution in [-0.4, -0.2) is 30.1 Å². The predicted molar refractivity (Wildman–Crippen MR) is 48.6 cm³/mol. The monoisotopic (exact) mass is 200 g/mol. The Kier molecular flexibility index (Phi) is 2.27. The molecule has 2 rings (SSSR count). The smallest absolute Gasteiger partial charge is 0.338 e. The summed E-state index contributed by atoms with van der Waals surface area (Å²) < 4.78 is 16.1. The molecule has 1 heterocycles. The van der Waals surface area contributed by atoms with Gasteiger partial charge in [-0.05, 0) is 33.6 Å². The Morgan fingerprint density at radius 3 is 2.43 bits per heavy atom. The van der Waals surface area contributed by atoms with Gasteiger partial charge in [0, 0.05) is 0 Å². The van der Waals surface area contributed by atoms with E-state index in [1.807, 2.05) is 6.92 Å². The van der Waals surface area contributed by atoms with Crippen molar-refractivity contribution in [3.8, 4) is 0 Å². The molecule has 2 aliphatic rings. The summed E-state index contributed by atoms with van der Waals surface area (Å²) in [4.78, 5) is 11.6. The summed E-state index contributed by atoms with van der Waals surface area (Å²) in [6, 6.07) is 0.